The Morgan fingerprint density at radius 1 is 1.65 bits per heavy atom. The molecular formula is C12H20N2O2S. The van der Waals surface area contributed by atoms with Gasteiger partial charge >= 0.3 is 0 Å². The molecule has 2 N–H and O–H groups in total. The molecule has 1 rings (SSSR count). The first-order valence-corrected chi connectivity index (χ1v) is 6.59. The number of likely N-dealkylation sites (N-methyl/N-ethyl adjacent to an activating group) is 1. The summed E-state index contributed by atoms with van der Waals surface area (Å²) >= 11 is 1.72. The van der Waals surface area contributed by atoms with E-state index in [2.05, 4.69) is 6.07 Å². The molecule has 1 aromatic rings. The molecule has 17 heavy (non-hydrogen) atoms. The van der Waals surface area contributed by atoms with Crippen LogP contribution in [-0.2, 0) is 16.0 Å². The molecule has 1 heterocycles. The molecule has 0 radical (unpaired) electrons. The fourth-order valence-corrected chi connectivity index (χ4v) is 2.27. The van der Waals surface area contributed by atoms with Crippen LogP contribution in [0.4, 0.5) is 0 Å². The van der Waals surface area contributed by atoms with Crippen molar-refractivity contribution >= 4 is 17.2 Å². The number of carbonyl (C=O) groups excluding carboxylic acids is 1. The fraction of sp³-hybridized carbons (Fsp3) is 0.583. The lowest BCUT2D eigenvalue weighted by Gasteiger charge is -2.24. The molecule has 1 atom stereocenters. The predicted octanol–water partition coefficient (Wildman–Crippen LogP) is 1.11. The molecule has 0 aromatic carbocycles. The van der Waals surface area contributed by atoms with Gasteiger partial charge in [-0.05, 0) is 18.4 Å². The van der Waals surface area contributed by atoms with Crippen molar-refractivity contribution in [1.82, 2.24) is 4.90 Å². The van der Waals surface area contributed by atoms with Crippen LogP contribution >= 0.6 is 11.3 Å². The van der Waals surface area contributed by atoms with Gasteiger partial charge in [0.15, 0.2) is 0 Å². The number of nitrogens with zero attached hydrogens (tertiary/aromatic N) is 1. The summed E-state index contributed by atoms with van der Waals surface area (Å²) in [5, 5.41) is 2.05. The van der Waals surface area contributed by atoms with E-state index in [0.29, 0.717) is 13.2 Å². The predicted molar refractivity (Wildman–Crippen MR) is 70.1 cm³/mol. The Kier molecular flexibility index (Phi) is 6.18. The van der Waals surface area contributed by atoms with Crippen LogP contribution in [0.2, 0.25) is 0 Å². The zero-order chi connectivity index (χ0) is 12.7. The molecule has 96 valence electrons. The maximum absolute atomic E-state index is 11.8. The molecule has 0 aliphatic heterocycles. The molecule has 0 saturated carbocycles. The van der Waals surface area contributed by atoms with Crippen LogP contribution in [0.1, 0.15) is 11.8 Å². The Hall–Kier alpha value is -0.910. The van der Waals surface area contributed by atoms with Crippen LogP contribution in [0.25, 0.3) is 0 Å². The lowest BCUT2D eigenvalue weighted by Crippen LogP contribution is -2.38. The van der Waals surface area contributed by atoms with E-state index in [-0.39, 0.29) is 18.6 Å². The molecule has 0 fully saturated rings. The minimum atomic E-state index is 0.00232. The molecular weight excluding hydrogens is 236 g/mol. The largest absolute Gasteiger partial charge is 0.370 e. The highest BCUT2D eigenvalue weighted by Crippen LogP contribution is 2.13. The molecule has 1 unspecified atom stereocenters. The van der Waals surface area contributed by atoms with Crippen molar-refractivity contribution in [2.45, 2.75) is 19.4 Å². The van der Waals surface area contributed by atoms with E-state index < -0.39 is 0 Å². The van der Waals surface area contributed by atoms with Gasteiger partial charge in [0.05, 0.1) is 6.61 Å². The Morgan fingerprint density at radius 3 is 3.00 bits per heavy atom. The van der Waals surface area contributed by atoms with Crippen molar-refractivity contribution < 1.29 is 9.53 Å². The van der Waals surface area contributed by atoms with Crippen molar-refractivity contribution in [2.75, 3.05) is 26.8 Å². The van der Waals surface area contributed by atoms with E-state index in [9.17, 15) is 4.79 Å². The van der Waals surface area contributed by atoms with Crippen LogP contribution < -0.4 is 5.73 Å². The first kappa shape index (κ1) is 14.2. The van der Waals surface area contributed by atoms with Gasteiger partial charge in [0.2, 0.25) is 5.91 Å². The molecule has 1 aromatic heterocycles. The summed E-state index contributed by atoms with van der Waals surface area (Å²) in [4.78, 5) is 14.8. The number of hydrogen-bond acceptors (Lipinski definition) is 4. The Labute approximate surface area is 106 Å². The van der Waals surface area contributed by atoms with Crippen LogP contribution in [-0.4, -0.2) is 43.7 Å². The number of hydrogen-bond donors (Lipinski definition) is 1. The third-order valence-electron chi connectivity index (χ3n) is 2.62. The van der Waals surface area contributed by atoms with Crippen LogP contribution in [0, 0.1) is 0 Å². The van der Waals surface area contributed by atoms with E-state index >= 15 is 0 Å². The van der Waals surface area contributed by atoms with Gasteiger partial charge in [-0.1, -0.05) is 6.07 Å². The summed E-state index contributed by atoms with van der Waals surface area (Å²) in [5.41, 5.74) is 5.29. The van der Waals surface area contributed by atoms with Crippen molar-refractivity contribution in [3.8, 4) is 0 Å². The third-order valence-corrected chi connectivity index (χ3v) is 3.52. The molecule has 0 aliphatic rings. The Bertz CT molecular complexity index is 327. The van der Waals surface area contributed by atoms with E-state index in [1.165, 1.54) is 4.88 Å². The second kappa shape index (κ2) is 7.42. The van der Waals surface area contributed by atoms with Crippen molar-refractivity contribution in [1.29, 1.82) is 0 Å². The molecule has 0 spiro atoms. The van der Waals surface area contributed by atoms with Crippen LogP contribution in [0.3, 0.4) is 0 Å². The second-order valence-corrected chi connectivity index (χ2v) is 5.01. The number of carbonyl (C=O) groups is 1. The highest BCUT2D eigenvalue weighted by molar-refractivity contribution is 7.09. The fourth-order valence-electron chi connectivity index (χ4n) is 1.45. The average Bonchev–Trinajstić information content (AvgIpc) is 2.81. The number of nitrogens with two attached hydrogens (primary N) is 1. The van der Waals surface area contributed by atoms with Gasteiger partial charge in [-0.25, -0.2) is 0 Å². The summed E-state index contributed by atoms with van der Waals surface area (Å²) in [5.74, 6) is 0.00232. The highest BCUT2D eigenvalue weighted by atomic mass is 32.1. The quantitative estimate of drug-likeness (QED) is 0.744. The molecule has 1 amide bonds. The van der Waals surface area contributed by atoms with Crippen LogP contribution in [0.5, 0.6) is 0 Å². The second-order valence-electron chi connectivity index (χ2n) is 3.98. The van der Waals surface area contributed by atoms with E-state index in [1.54, 1.807) is 16.2 Å². The molecule has 5 heteroatoms. The summed E-state index contributed by atoms with van der Waals surface area (Å²) in [6, 6.07) is 4.30. The maximum Gasteiger partial charge on any atom is 0.248 e. The van der Waals surface area contributed by atoms with Gasteiger partial charge in [-0.2, -0.15) is 0 Å². The first-order chi connectivity index (χ1) is 8.15. The van der Waals surface area contributed by atoms with Gasteiger partial charge in [0.1, 0.15) is 6.61 Å². The number of amides is 1. The zero-order valence-corrected chi connectivity index (χ0v) is 11.2. The standard InChI is InChI=1S/C12H20N2O2S/c1-10(8-11-4-3-7-17-11)14(2)12(15)9-16-6-5-13/h3-4,7,10H,5-6,8-9,13H2,1-2H3. The number of rotatable bonds is 7. The van der Waals surface area contributed by atoms with Crippen molar-refractivity contribution in [3.63, 3.8) is 0 Å². The van der Waals surface area contributed by atoms with Gasteiger partial charge in [-0.3, -0.25) is 4.79 Å². The van der Waals surface area contributed by atoms with Gasteiger partial charge in [0.25, 0.3) is 0 Å². The summed E-state index contributed by atoms with van der Waals surface area (Å²) < 4.78 is 5.14. The smallest absolute Gasteiger partial charge is 0.248 e. The van der Waals surface area contributed by atoms with E-state index in [1.807, 2.05) is 25.4 Å². The SMILES string of the molecule is CC(Cc1cccs1)N(C)C(=O)COCCN. The molecule has 0 aliphatic carbocycles. The van der Waals surface area contributed by atoms with Crippen LogP contribution in [0.15, 0.2) is 17.5 Å². The summed E-state index contributed by atoms with van der Waals surface area (Å²) in [7, 11) is 1.81. The van der Waals surface area contributed by atoms with E-state index in [0.717, 1.165) is 6.42 Å². The molecule has 0 saturated heterocycles. The summed E-state index contributed by atoms with van der Waals surface area (Å²) in [6.07, 6.45) is 0.886. The third kappa shape index (κ3) is 4.85. The zero-order valence-electron chi connectivity index (χ0n) is 10.4. The lowest BCUT2D eigenvalue weighted by molar-refractivity contribution is -0.136. The number of ether oxygens (including phenoxy) is 1. The first-order valence-electron chi connectivity index (χ1n) is 5.71. The average molecular weight is 256 g/mol. The normalized spacial score (nSPS) is 12.4. The van der Waals surface area contributed by atoms with Gasteiger partial charge < -0.3 is 15.4 Å². The maximum atomic E-state index is 11.8. The Balaban J connectivity index is 2.35. The molecule has 0 bridgehead atoms. The van der Waals surface area contributed by atoms with Crippen molar-refractivity contribution in [3.05, 3.63) is 22.4 Å². The van der Waals surface area contributed by atoms with Crippen molar-refractivity contribution in [2.24, 2.45) is 5.73 Å². The highest BCUT2D eigenvalue weighted by Gasteiger charge is 2.16. The topological polar surface area (TPSA) is 55.6 Å². The minimum absolute atomic E-state index is 0.00232. The molecule has 4 nitrogen and oxygen atoms in total. The monoisotopic (exact) mass is 256 g/mol. The lowest BCUT2D eigenvalue weighted by atomic mass is 10.2. The van der Waals surface area contributed by atoms with E-state index in [4.69, 9.17) is 10.5 Å². The minimum Gasteiger partial charge on any atom is -0.370 e. The summed E-state index contributed by atoms with van der Waals surface area (Å²) in [6.45, 7) is 3.03. The van der Waals surface area contributed by atoms with Gasteiger partial charge in [0, 0.05) is 30.9 Å². The Morgan fingerprint density at radius 2 is 2.41 bits per heavy atom. The number of thiophene rings is 1. The van der Waals surface area contributed by atoms with Gasteiger partial charge in [-0.15, -0.1) is 11.3 Å².